The molecular weight excluding hydrogens is 282 g/mol. The molecule has 0 unspecified atom stereocenters. The van der Waals surface area contributed by atoms with Crippen LogP contribution in [-0.4, -0.2) is 56.6 Å². The van der Waals surface area contributed by atoms with E-state index in [1.165, 1.54) is 21.1 Å². The molecule has 9 heteroatoms. The summed E-state index contributed by atoms with van der Waals surface area (Å²) >= 11 is 0. The quantitative estimate of drug-likeness (QED) is 0.359. The molecule has 0 aromatic rings. The number of carbonyl (C=O) groups is 4. The van der Waals surface area contributed by atoms with Crippen LogP contribution in [0.4, 0.5) is 0 Å². The van der Waals surface area contributed by atoms with Gasteiger partial charge < -0.3 is 25.8 Å². The molecule has 2 atom stereocenters. The second-order valence-corrected chi connectivity index (χ2v) is 3.90. The zero-order valence-corrected chi connectivity index (χ0v) is 12.0. The normalized spacial score (nSPS) is 13.1. The Balaban J connectivity index is 4.19. The largest absolute Gasteiger partial charge is 0.466 e. The zero-order chi connectivity index (χ0) is 16.4. The van der Waals surface area contributed by atoms with E-state index >= 15 is 0 Å². The Morgan fingerprint density at radius 1 is 1.24 bits per heavy atom. The van der Waals surface area contributed by atoms with Gasteiger partial charge in [0.15, 0.2) is 6.10 Å². The first-order valence-electron chi connectivity index (χ1n) is 6.03. The van der Waals surface area contributed by atoms with Crippen molar-refractivity contribution in [2.75, 3.05) is 20.7 Å². The van der Waals surface area contributed by atoms with Crippen LogP contribution in [0.5, 0.6) is 0 Å². The van der Waals surface area contributed by atoms with Crippen LogP contribution in [0, 0.1) is 0 Å². The van der Waals surface area contributed by atoms with Crippen molar-refractivity contribution in [3.63, 3.8) is 0 Å². The van der Waals surface area contributed by atoms with Gasteiger partial charge in [-0.15, -0.1) is 0 Å². The fraction of sp³-hybridized carbons (Fsp3) is 0.500. The van der Waals surface area contributed by atoms with E-state index in [0.29, 0.717) is 0 Å². The van der Waals surface area contributed by atoms with Gasteiger partial charge in [-0.1, -0.05) is 0 Å². The maximum absolute atomic E-state index is 11.5. The number of rotatable bonds is 7. The minimum Gasteiger partial charge on any atom is -0.466 e. The topological polar surface area (TPSA) is 137 Å². The summed E-state index contributed by atoms with van der Waals surface area (Å²) in [6, 6.07) is -1.13. The lowest BCUT2D eigenvalue weighted by Gasteiger charge is -2.15. The van der Waals surface area contributed by atoms with Gasteiger partial charge in [-0.05, 0) is 6.92 Å². The Bertz CT molecular complexity index is 435. The first-order valence-corrected chi connectivity index (χ1v) is 6.03. The number of likely N-dealkylation sites (N-methyl/N-ethyl adjacent to an activating group) is 1. The smallest absolute Gasteiger partial charge is 0.330 e. The molecule has 0 heterocycles. The van der Waals surface area contributed by atoms with Gasteiger partial charge in [-0.3, -0.25) is 14.4 Å². The van der Waals surface area contributed by atoms with Gasteiger partial charge in [0, 0.05) is 25.7 Å². The number of amides is 2. The summed E-state index contributed by atoms with van der Waals surface area (Å²) in [7, 11) is 2.57. The molecule has 21 heavy (non-hydrogen) atoms. The van der Waals surface area contributed by atoms with Crippen molar-refractivity contribution < 1.29 is 28.7 Å². The number of hydrogen-bond acceptors (Lipinski definition) is 7. The van der Waals surface area contributed by atoms with Gasteiger partial charge in [-0.25, -0.2) is 4.79 Å². The minimum absolute atomic E-state index is 0.205. The van der Waals surface area contributed by atoms with Crippen molar-refractivity contribution in [1.29, 1.82) is 0 Å². The molecule has 0 bridgehead atoms. The van der Waals surface area contributed by atoms with E-state index < -0.39 is 35.9 Å². The molecule has 0 saturated carbocycles. The van der Waals surface area contributed by atoms with E-state index in [4.69, 9.17) is 10.5 Å². The summed E-state index contributed by atoms with van der Waals surface area (Å²) in [5, 5.41) is 4.61. The van der Waals surface area contributed by atoms with Gasteiger partial charge in [-0.2, -0.15) is 0 Å². The molecule has 0 saturated heterocycles. The van der Waals surface area contributed by atoms with Crippen molar-refractivity contribution in [3.8, 4) is 0 Å². The summed E-state index contributed by atoms with van der Waals surface area (Å²) < 4.78 is 9.09. The first kappa shape index (κ1) is 18.6. The van der Waals surface area contributed by atoms with Crippen LogP contribution < -0.4 is 16.4 Å². The molecule has 0 fully saturated rings. The number of nitrogens with one attached hydrogen (secondary N) is 2. The summed E-state index contributed by atoms with van der Waals surface area (Å²) in [6.07, 6.45) is 0.882. The second-order valence-electron chi connectivity index (χ2n) is 3.90. The van der Waals surface area contributed by atoms with E-state index in [0.717, 1.165) is 12.2 Å². The van der Waals surface area contributed by atoms with Crippen LogP contribution >= 0.6 is 0 Å². The van der Waals surface area contributed by atoms with Crippen molar-refractivity contribution in [3.05, 3.63) is 12.2 Å². The lowest BCUT2D eigenvalue weighted by Crippen LogP contribution is -2.45. The third-order valence-corrected chi connectivity index (χ3v) is 2.28. The summed E-state index contributed by atoms with van der Waals surface area (Å²) in [5.41, 5.74) is 5.50. The molecule has 0 aliphatic carbocycles. The van der Waals surface area contributed by atoms with Crippen LogP contribution in [-0.2, 0) is 28.7 Å². The van der Waals surface area contributed by atoms with E-state index in [2.05, 4.69) is 15.4 Å². The fourth-order valence-corrected chi connectivity index (χ4v) is 1.08. The monoisotopic (exact) mass is 301 g/mol. The van der Waals surface area contributed by atoms with Crippen LogP contribution in [0.15, 0.2) is 12.2 Å². The molecule has 118 valence electrons. The molecule has 0 spiro atoms. The maximum Gasteiger partial charge on any atom is 0.330 e. The van der Waals surface area contributed by atoms with Crippen LogP contribution in [0.2, 0.25) is 0 Å². The van der Waals surface area contributed by atoms with Crippen LogP contribution in [0.25, 0.3) is 0 Å². The maximum atomic E-state index is 11.5. The molecule has 0 aromatic carbocycles. The SMILES string of the molecule is CNC(=O)[C@H](C)OC(=O)[C@@H](N)CNC(=O)/C=C/C(=O)OC. The Kier molecular flexibility index (Phi) is 8.39. The molecule has 0 aliphatic rings. The Morgan fingerprint density at radius 3 is 2.38 bits per heavy atom. The second kappa shape index (κ2) is 9.48. The molecule has 0 aromatic heterocycles. The van der Waals surface area contributed by atoms with E-state index in [-0.39, 0.29) is 6.54 Å². The average Bonchev–Trinajstić information content (AvgIpc) is 2.48. The van der Waals surface area contributed by atoms with Crippen molar-refractivity contribution >= 4 is 23.8 Å². The van der Waals surface area contributed by atoms with Gasteiger partial charge in [0.2, 0.25) is 5.91 Å². The van der Waals surface area contributed by atoms with Crippen LogP contribution in [0.1, 0.15) is 6.92 Å². The predicted octanol–water partition coefficient (Wildman–Crippen LogP) is -2.16. The highest BCUT2D eigenvalue weighted by Crippen LogP contribution is 1.94. The highest BCUT2D eigenvalue weighted by molar-refractivity contribution is 5.94. The molecule has 2 amide bonds. The Labute approximate surface area is 121 Å². The van der Waals surface area contributed by atoms with Crippen molar-refractivity contribution in [1.82, 2.24) is 10.6 Å². The third-order valence-electron chi connectivity index (χ3n) is 2.28. The van der Waals surface area contributed by atoms with E-state index in [1.807, 2.05) is 0 Å². The van der Waals surface area contributed by atoms with Crippen molar-refractivity contribution in [2.45, 2.75) is 19.1 Å². The van der Waals surface area contributed by atoms with Crippen molar-refractivity contribution in [2.24, 2.45) is 5.73 Å². The molecular formula is C12H19N3O6. The van der Waals surface area contributed by atoms with Gasteiger partial charge in [0.1, 0.15) is 6.04 Å². The van der Waals surface area contributed by atoms with Gasteiger partial charge >= 0.3 is 11.9 Å². The zero-order valence-electron chi connectivity index (χ0n) is 12.0. The minimum atomic E-state index is -1.13. The number of ether oxygens (including phenoxy) is 2. The number of nitrogens with two attached hydrogens (primary N) is 1. The number of carbonyl (C=O) groups excluding carboxylic acids is 4. The lowest BCUT2D eigenvalue weighted by molar-refractivity contribution is -0.155. The van der Waals surface area contributed by atoms with E-state index in [9.17, 15) is 19.2 Å². The number of methoxy groups -OCH3 is 1. The Hall–Kier alpha value is -2.42. The fourth-order valence-electron chi connectivity index (χ4n) is 1.08. The Morgan fingerprint density at radius 2 is 1.86 bits per heavy atom. The molecule has 0 radical (unpaired) electrons. The van der Waals surface area contributed by atoms with E-state index in [1.54, 1.807) is 0 Å². The summed E-state index contributed by atoms with van der Waals surface area (Å²) in [6.45, 7) is 1.19. The third kappa shape index (κ3) is 7.67. The molecule has 4 N–H and O–H groups in total. The standard InChI is InChI=1S/C12H19N3O6/c1-7(11(18)14-2)21-12(19)8(13)6-15-9(16)4-5-10(17)20-3/h4-5,7-8H,6,13H2,1-3H3,(H,14,18)(H,15,16)/b5-4+/t7-,8-/m0/s1. The highest BCUT2D eigenvalue weighted by Gasteiger charge is 2.21. The molecule has 0 rings (SSSR count). The number of hydrogen-bond donors (Lipinski definition) is 3. The summed E-state index contributed by atoms with van der Waals surface area (Å²) in [5.74, 6) is -2.61. The van der Waals surface area contributed by atoms with Crippen LogP contribution in [0.3, 0.4) is 0 Å². The highest BCUT2D eigenvalue weighted by atomic mass is 16.5. The predicted molar refractivity (Wildman–Crippen MR) is 71.8 cm³/mol. The first-order chi connectivity index (χ1) is 9.81. The summed E-state index contributed by atoms with van der Waals surface area (Å²) in [4.78, 5) is 44.7. The average molecular weight is 301 g/mol. The van der Waals surface area contributed by atoms with Gasteiger partial charge in [0.05, 0.1) is 7.11 Å². The molecule has 0 aliphatic heterocycles. The van der Waals surface area contributed by atoms with Gasteiger partial charge in [0.25, 0.3) is 5.91 Å². The number of esters is 2. The lowest BCUT2D eigenvalue weighted by atomic mass is 10.3. The molecule has 9 nitrogen and oxygen atoms in total.